The van der Waals surface area contributed by atoms with Crippen LogP contribution < -0.4 is 10.6 Å². The molecule has 0 unspecified atom stereocenters. The summed E-state index contributed by atoms with van der Waals surface area (Å²) in [7, 11) is 0. The number of hydrogen-bond acceptors (Lipinski definition) is 2. The molecule has 0 atom stereocenters. The van der Waals surface area contributed by atoms with Crippen molar-refractivity contribution >= 4 is 23.5 Å². The van der Waals surface area contributed by atoms with Crippen LogP contribution in [0.2, 0.25) is 5.02 Å². The Kier molecular flexibility index (Phi) is 4.76. The average molecular weight is 336 g/mol. The van der Waals surface area contributed by atoms with Gasteiger partial charge in [-0.1, -0.05) is 23.7 Å². The second-order valence-corrected chi connectivity index (χ2v) is 6.85. The van der Waals surface area contributed by atoms with Gasteiger partial charge < -0.3 is 15.5 Å². The number of nitrogens with zero attached hydrogens (tertiary/aromatic N) is 1. The molecule has 6 heteroatoms. The molecule has 3 rings (SSSR count). The molecule has 5 nitrogen and oxygen atoms in total. The van der Waals surface area contributed by atoms with Crippen molar-refractivity contribution < 1.29 is 9.59 Å². The normalized spacial score (nSPS) is 18.6. The van der Waals surface area contributed by atoms with E-state index in [4.69, 9.17) is 11.6 Å². The first-order valence-corrected chi connectivity index (χ1v) is 8.52. The summed E-state index contributed by atoms with van der Waals surface area (Å²) in [6.45, 7) is 2.24. The van der Waals surface area contributed by atoms with Crippen LogP contribution >= 0.6 is 11.6 Å². The van der Waals surface area contributed by atoms with Gasteiger partial charge in [0.1, 0.15) is 0 Å². The number of hydrogen-bond donors (Lipinski definition) is 2. The van der Waals surface area contributed by atoms with Crippen molar-refractivity contribution in [1.29, 1.82) is 0 Å². The van der Waals surface area contributed by atoms with Crippen LogP contribution in [0, 0.1) is 0 Å². The van der Waals surface area contributed by atoms with E-state index in [1.807, 2.05) is 18.2 Å². The molecule has 124 valence electrons. The van der Waals surface area contributed by atoms with Crippen LogP contribution in [0.3, 0.4) is 0 Å². The Morgan fingerprint density at radius 3 is 2.57 bits per heavy atom. The molecule has 1 saturated heterocycles. The predicted octanol–water partition coefficient (Wildman–Crippen LogP) is 2.29. The first-order chi connectivity index (χ1) is 11.1. The molecule has 0 bridgehead atoms. The lowest BCUT2D eigenvalue weighted by Gasteiger charge is -2.18. The lowest BCUT2D eigenvalue weighted by Crippen LogP contribution is -2.44. The van der Waals surface area contributed by atoms with Gasteiger partial charge in [-0.25, -0.2) is 4.79 Å². The SMILES string of the molecule is O=C(NCC(=O)N1CCCC1)NCC1(c2cccc(Cl)c2)CC1. The van der Waals surface area contributed by atoms with Gasteiger partial charge in [0.2, 0.25) is 5.91 Å². The summed E-state index contributed by atoms with van der Waals surface area (Å²) in [6, 6.07) is 7.52. The standard InChI is InChI=1S/C17H22ClN3O2/c18-14-5-3-4-13(10-14)17(6-7-17)12-20-16(23)19-11-15(22)21-8-1-2-9-21/h3-5,10H,1-2,6-9,11-12H2,(H2,19,20,23). The molecular weight excluding hydrogens is 314 g/mol. The van der Waals surface area contributed by atoms with Gasteiger partial charge in [-0.05, 0) is 43.4 Å². The second kappa shape index (κ2) is 6.79. The number of likely N-dealkylation sites (tertiary alicyclic amines) is 1. The third-order valence-corrected chi connectivity index (χ3v) is 4.97. The van der Waals surface area contributed by atoms with Crippen LogP contribution in [0.5, 0.6) is 0 Å². The summed E-state index contributed by atoms with van der Waals surface area (Å²) in [5, 5.41) is 6.26. The fourth-order valence-electron chi connectivity index (χ4n) is 3.08. The van der Waals surface area contributed by atoms with Crippen molar-refractivity contribution in [1.82, 2.24) is 15.5 Å². The number of nitrogens with one attached hydrogen (secondary N) is 2. The molecule has 3 amide bonds. The monoisotopic (exact) mass is 335 g/mol. The Hall–Kier alpha value is -1.75. The molecule has 0 radical (unpaired) electrons. The molecule has 2 aliphatic rings. The van der Waals surface area contributed by atoms with Crippen molar-refractivity contribution in [3.63, 3.8) is 0 Å². The van der Waals surface area contributed by atoms with Crippen molar-refractivity contribution in [3.05, 3.63) is 34.9 Å². The summed E-state index contributed by atoms with van der Waals surface area (Å²) < 4.78 is 0. The van der Waals surface area contributed by atoms with Gasteiger partial charge in [0.15, 0.2) is 0 Å². The topological polar surface area (TPSA) is 61.4 Å². The lowest BCUT2D eigenvalue weighted by molar-refractivity contribution is -0.128. The largest absolute Gasteiger partial charge is 0.341 e. The van der Waals surface area contributed by atoms with Crippen LogP contribution in [0.4, 0.5) is 4.79 Å². The van der Waals surface area contributed by atoms with Crippen LogP contribution in [0.15, 0.2) is 24.3 Å². The lowest BCUT2D eigenvalue weighted by atomic mass is 9.96. The zero-order chi connectivity index (χ0) is 16.3. The zero-order valence-corrected chi connectivity index (χ0v) is 13.9. The first-order valence-electron chi connectivity index (χ1n) is 8.15. The zero-order valence-electron chi connectivity index (χ0n) is 13.1. The fourth-order valence-corrected chi connectivity index (χ4v) is 3.27. The van der Waals surface area contributed by atoms with Gasteiger partial charge in [-0.2, -0.15) is 0 Å². The molecular formula is C17H22ClN3O2. The van der Waals surface area contributed by atoms with Crippen LogP contribution in [0.25, 0.3) is 0 Å². The number of urea groups is 1. The van der Waals surface area contributed by atoms with Gasteiger partial charge in [-0.15, -0.1) is 0 Å². The minimum absolute atomic E-state index is 0.00119. The smallest absolute Gasteiger partial charge is 0.315 e. The van der Waals surface area contributed by atoms with Crippen LogP contribution in [-0.4, -0.2) is 43.0 Å². The van der Waals surface area contributed by atoms with Gasteiger partial charge in [0, 0.05) is 30.1 Å². The highest BCUT2D eigenvalue weighted by atomic mass is 35.5. The number of rotatable bonds is 5. The molecule has 2 fully saturated rings. The summed E-state index contributed by atoms with van der Waals surface area (Å²) in [5.74, 6) is -0.00590. The van der Waals surface area contributed by atoms with Crippen LogP contribution in [0.1, 0.15) is 31.2 Å². The van der Waals surface area contributed by atoms with Crippen molar-refractivity contribution in [2.24, 2.45) is 0 Å². The van der Waals surface area contributed by atoms with E-state index in [-0.39, 0.29) is 23.9 Å². The van der Waals surface area contributed by atoms with Crippen molar-refractivity contribution in [2.75, 3.05) is 26.2 Å². The van der Waals surface area contributed by atoms with Crippen molar-refractivity contribution in [3.8, 4) is 0 Å². The molecule has 1 aliphatic heterocycles. The quantitative estimate of drug-likeness (QED) is 0.867. The fraction of sp³-hybridized carbons (Fsp3) is 0.529. The molecule has 1 saturated carbocycles. The average Bonchev–Trinajstić information content (AvgIpc) is 3.14. The Morgan fingerprint density at radius 1 is 1.17 bits per heavy atom. The van der Waals surface area contributed by atoms with E-state index in [0.717, 1.165) is 43.8 Å². The minimum atomic E-state index is -0.286. The summed E-state index contributed by atoms with van der Waals surface area (Å²) >= 11 is 6.05. The Bertz CT molecular complexity index is 595. The highest BCUT2D eigenvalue weighted by Crippen LogP contribution is 2.48. The molecule has 0 spiro atoms. The second-order valence-electron chi connectivity index (χ2n) is 6.41. The molecule has 1 heterocycles. The van der Waals surface area contributed by atoms with Gasteiger partial charge in [0.05, 0.1) is 6.54 Å². The molecule has 1 aliphatic carbocycles. The third-order valence-electron chi connectivity index (χ3n) is 4.74. The van der Waals surface area contributed by atoms with Crippen molar-refractivity contribution in [2.45, 2.75) is 31.1 Å². The molecule has 2 N–H and O–H groups in total. The summed E-state index contributed by atoms with van der Waals surface area (Å²) in [4.78, 5) is 25.6. The highest BCUT2D eigenvalue weighted by Gasteiger charge is 2.44. The number of amides is 3. The molecule has 1 aromatic carbocycles. The highest BCUT2D eigenvalue weighted by molar-refractivity contribution is 6.30. The first kappa shape index (κ1) is 16.1. The summed E-state index contributed by atoms with van der Waals surface area (Å²) in [5.41, 5.74) is 1.17. The van der Waals surface area contributed by atoms with E-state index in [2.05, 4.69) is 16.7 Å². The van der Waals surface area contributed by atoms with E-state index in [0.29, 0.717) is 6.54 Å². The van der Waals surface area contributed by atoms with E-state index < -0.39 is 0 Å². The number of carbonyl (C=O) groups is 2. The maximum atomic E-state index is 11.9. The van der Waals surface area contributed by atoms with E-state index in [1.54, 1.807) is 4.90 Å². The van der Waals surface area contributed by atoms with Gasteiger partial charge >= 0.3 is 6.03 Å². The Morgan fingerprint density at radius 2 is 1.91 bits per heavy atom. The molecule has 23 heavy (non-hydrogen) atoms. The minimum Gasteiger partial charge on any atom is -0.341 e. The van der Waals surface area contributed by atoms with E-state index >= 15 is 0 Å². The Balaban J connectivity index is 1.44. The number of benzene rings is 1. The van der Waals surface area contributed by atoms with Crippen LogP contribution in [-0.2, 0) is 10.2 Å². The van der Waals surface area contributed by atoms with Gasteiger partial charge in [0.25, 0.3) is 0 Å². The molecule has 0 aromatic heterocycles. The number of carbonyl (C=O) groups excluding carboxylic acids is 2. The van der Waals surface area contributed by atoms with E-state index in [1.165, 1.54) is 5.56 Å². The molecule has 1 aromatic rings. The van der Waals surface area contributed by atoms with Gasteiger partial charge in [-0.3, -0.25) is 4.79 Å². The Labute approximate surface area is 141 Å². The summed E-state index contributed by atoms with van der Waals surface area (Å²) in [6.07, 6.45) is 4.20. The maximum absolute atomic E-state index is 11.9. The number of halogens is 1. The maximum Gasteiger partial charge on any atom is 0.315 e. The predicted molar refractivity (Wildman–Crippen MR) is 89.6 cm³/mol. The van der Waals surface area contributed by atoms with E-state index in [9.17, 15) is 9.59 Å². The third kappa shape index (κ3) is 3.96.